The van der Waals surface area contributed by atoms with Crippen LogP contribution >= 0.6 is 0 Å². The van der Waals surface area contributed by atoms with Gasteiger partial charge in [0.25, 0.3) is 0 Å². The van der Waals surface area contributed by atoms with Crippen molar-refractivity contribution in [2.45, 2.75) is 39.5 Å². The molecule has 0 saturated carbocycles. The fourth-order valence-corrected chi connectivity index (χ4v) is 2.06. The van der Waals surface area contributed by atoms with E-state index in [1.165, 1.54) is 10.9 Å². The molecule has 3 N–H and O–H groups in total. The van der Waals surface area contributed by atoms with Crippen molar-refractivity contribution in [3.63, 3.8) is 0 Å². The van der Waals surface area contributed by atoms with Crippen molar-refractivity contribution < 1.29 is 0 Å². The molecule has 17 heavy (non-hydrogen) atoms. The summed E-state index contributed by atoms with van der Waals surface area (Å²) in [6, 6.07) is 0. The second kappa shape index (κ2) is 4.84. The summed E-state index contributed by atoms with van der Waals surface area (Å²) < 4.78 is 0. The van der Waals surface area contributed by atoms with Crippen LogP contribution in [0.3, 0.4) is 0 Å². The first-order valence-corrected chi connectivity index (χ1v) is 6.24. The van der Waals surface area contributed by atoms with Gasteiger partial charge in [-0.15, -0.1) is 0 Å². The number of nitrogens with zero attached hydrogens (tertiary/aromatic N) is 2. The van der Waals surface area contributed by atoms with E-state index in [4.69, 9.17) is 5.73 Å². The topological polar surface area (TPSA) is 67.6 Å². The molecule has 0 spiro atoms. The number of aromatic nitrogens is 3. The Labute approximate surface area is 102 Å². The standard InChI is InChI=1S/C13H20N4/c1-4-10-11-9(5-6-14)7-15-13(11)17-12(16-10)8(2)3/h7-8H,4-6,14H2,1-3H3,(H,15,16,17). The monoisotopic (exact) mass is 232 g/mol. The van der Waals surface area contributed by atoms with Crippen LogP contribution < -0.4 is 5.73 Å². The Morgan fingerprint density at radius 2 is 2.12 bits per heavy atom. The van der Waals surface area contributed by atoms with Crippen LogP contribution in [-0.4, -0.2) is 21.5 Å². The van der Waals surface area contributed by atoms with Crippen LogP contribution in [0.4, 0.5) is 0 Å². The second-order valence-electron chi connectivity index (χ2n) is 4.61. The van der Waals surface area contributed by atoms with Crippen LogP contribution in [0.1, 0.15) is 43.8 Å². The lowest BCUT2D eigenvalue weighted by Gasteiger charge is -2.08. The predicted octanol–water partition coefficient (Wildman–Crippen LogP) is 2.14. The van der Waals surface area contributed by atoms with Gasteiger partial charge in [0.2, 0.25) is 0 Å². The summed E-state index contributed by atoms with van der Waals surface area (Å²) >= 11 is 0. The Morgan fingerprint density at radius 3 is 2.71 bits per heavy atom. The third-order valence-electron chi connectivity index (χ3n) is 2.97. The Kier molecular flexibility index (Phi) is 3.43. The van der Waals surface area contributed by atoms with Crippen molar-refractivity contribution >= 4 is 11.0 Å². The van der Waals surface area contributed by atoms with Gasteiger partial charge in [0.05, 0.1) is 5.69 Å². The molecule has 2 aromatic heterocycles. The largest absolute Gasteiger partial charge is 0.346 e. The van der Waals surface area contributed by atoms with Crippen LogP contribution in [0, 0.1) is 0 Å². The van der Waals surface area contributed by atoms with Crippen molar-refractivity contribution in [1.82, 2.24) is 15.0 Å². The van der Waals surface area contributed by atoms with Gasteiger partial charge in [-0.3, -0.25) is 0 Å². The Morgan fingerprint density at radius 1 is 1.35 bits per heavy atom. The minimum absolute atomic E-state index is 0.353. The lowest BCUT2D eigenvalue weighted by Crippen LogP contribution is -2.05. The summed E-state index contributed by atoms with van der Waals surface area (Å²) in [4.78, 5) is 12.5. The fourth-order valence-electron chi connectivity index (χ4n) is 2.06. The highest BCUT2D eigenvalue weighted by molar-refractivity contribution is 5.82. The zero-order valence-corrected chi connectivity index (χ0v) is 10.7. The highest BCUT2D eigenvalue weighted by atomic mass is 15.0. The highest BCUT2D eigenvalue weighted by Gasteiger charge is 2.13. The molecule has 2 aromatic rings. The maximum absolute atomic E-state index is 5.63. The van der Waals surface area contributed by atoms with E-state index in [1.807, 2.05) is 6.20 Å². The van der Waals surface area contributed by atoms with Crippen molar-refractivity contribution in [3.05, 3.63) is 23.3 Å². The maximum atomic E-state index is 5.63. The van der Waals surface area contributed by atoms with Crippen molar-refractivity contribution in [2.75, 3.05) is 6.54 Å². The summed E-state index contributed by atoms with van der Waals surface area (Å²) in [6.07, 6.45) is 3.81. The van der Waals surface area contributed by atoms with E-state index in [-0.39, 0.29) is 0 Å². The maximum Gasteiger partial charge on any atom is 0.141 e. The number of rotatable bonds is 4. The van der Waals surface area contributed by atoms with E-state index in [2.05, 4.69) is 35.7 Å². The number of hydrogen-bond donors (Lipinski definition) is 2. The molecule has 0 unspecified atom stereocenters. The number of fused-ring (bicyclic) bond motifs is 1. The molecule has 0 bridgehead atoms. The normalized spacial score (nSPS) is 11.6. The molecule has 0 fully saturated rings. The molecule has 0 aromatic carbocycles. The zero-order chi connectivity index (χ0) is 12.4. The number of hydrogen-bond acceptors (Lipinski definition) is 3. The lowest BCUT2D eigenvalue weighted by atomic mass is 10.1. The number of aromatic amines is 1. The fraction of sp³-hybridized carbons (Fsp3) is 0.538. The van der Waals surface area contributed by atoms with Crippen molar-refractivity contribution in [2.24, 2.45) is 5.73 Å². The van der Waals surface area contributed by atoms with E-state index in [0.717, 1.165) is 30.0 Å². The SMILES string of the molecule is CCc1nc(C(C)C)nc2[nH]cc(CCN)c12. The van der Waals surface area contributed by atoms with Gasteiger partial charge in [-0.05, 0) is 24.9 Å². The Balaban J connectivity index is 2.62. The van der Waals surface area contributed by atoms with E-state index >= 15 is 0 Å². The summed E-state index contributed by atoms with van der Waals surface area (Å²) in [5.74, 6) is 1.27. The van der Waals surface area contributed by atoms with Gasteiger partial charge in [-0.2, -0.15) is 0 Å². The third kappa shape index (κ3) is 2.17. The van der Waals surface area contributed by atoms with E-state index in [1.54, 1.807) is 0 Å². The van der Waals surface area contributed by atoms with Gasteiger partial charge in [0.15, 0.2) is 0 Å². The van der Waals surface area contributed by atoms with Crippen LogP contribution in [-0.2, 0) is 12.8 Å². The highest BCUT2D eigenvalue weighted by Crippen LogP contribution is 2.23. The zero-order valence-electron chi connectivity index (χ0n) is 10.7. The molecule has 2 rings (SSSR count). The minimum Gasteiger partial charge on any atom is -0.346 e. The van der Waals surface area contributed by atoms with E-state index in [0.29, 0.717) is 12.5 Å². The van der Waals surface area contributed by atoms with Gasteiger partial charge in [-0.25, -0.2) is 9.97 Å². The van der Waals surface area contributed by atoms with Crippen LogP contribution in [0.2, 0.25) is 0 Å². The molecule has 0 amide bonds. The molecule has 4 nitrogen and oxygen atoms in total. The summed E-state index contributed by atoms with van der Waals surface area (Å²) in [5.41, 5.74) is 8.93. The number of H-pyrrole nitrogens is 1. The second-order valence-corrected chi connectivity index (χ2v) is 4.61. The summed E-state index contributed by atoms with van der Waals surface area (Å²) in [6.45, 7) is 7.02. The quantitative estimate of drug-likeness (QED) is 0.848. The van der Waals surface area contributed by atoms with Gasteiger partial charge >= 0.3 is 0 Å². The van der Waals surface area contributed by atoms with Crippen molar-refractivity contribution in [3.8, 4) is 0 Å². The molecule has 0 atom stereocenters. The number of aryl methyl sites for hydroxylation is 1. The molecule has 4 heteroatoms. The van der Waals surface area contributed by atoms with Crippen LogP contribution in [0.25, 0.3) is 11.0 Å². The van der Waals surface area contributed by atoms with Gasteiger partial charge < -0.3 is 10.7 Å². The van der Waals surface area contributed by atoms with Crippen LogP contribution in [0.15, 0.2) is 6.20 Å². The molecule has 0 saturated heterocycles. The van der Waals surface area contributed by atoms with E-state index in [9.17, 15) is 0 Å². The first kappa shape index (κ1) is 12.0. The first-order valence-electron chi connectivity index (χ1n) is 6.24. The summed E-state index contributed by atoms with van der Waals surface area (Å²) in [5, 5.41) is 1.17. The lowest BCUT2D eigenvalue weighted by molar-refractivity contribution is 0.768. The van der Waals surface area contributed by atoms with E-state index < -0.39 is 0 Å². The minimum atomic E-state index is 0.353. The Hall–Kier alpha value is -1.42. The summed E-state index contributed by atoms with van der Waals surface area (Å²) in [7, 11) is 0. The third-order valence-corrected chi connectivity index (χ3v) is 2.97. The molecule has 0 radical (unpaired) electrons. The molecule has 2 heterocycles. The average molecular weight is 232 g/mol. The molecular weight excluding hydrogens is 212 g/mol. The van der Waals surface area contributed by atoms with Crippen LogP contribution in [0.5, 0.6) is 0 Å². The molecule has 0 aliphatic rings. The van der Waals surface area contributed by atoms with Gasteiger partial charge in [-0.1, -0.05) is 20.8 Å². The number of nitrogens with two attached hydrogens (primary N) is 1. The first-order chi connectivity index (χ1) is 8.17. The molecular formula is C13H20N4. The molecule has 0 aliphatic carbocycles. The average Bonchev–Trinajstić information content (AvgIpc) is 2.72. The van der Waals surface area contributed by atoms with Gasteiger partial charge in [0, 0.05) is 17.5 Å². The molecule has 92 valence electrons. The molecule has 0 aliphatic heterocycles. The smallest absolute Gasteiger partial charge is 0.141 e. The predicted molar refractivity (Wildman–Crippen MR) is 70.1 cm³/mol. The van der Waals surface area contributed by atoms with Gasteiger partial charge in [0.1, 0.15) is 11.5 Å². The number of nitrogens with one attached hydrogen (secondary N) is 1. The van der Waals surface area contributed by atoms with Crippen molar-refractivity contribution in [1.29, 1.82) is 0 Å². The Bertz CT molecular complexity index is 513.